The lowest BCUT2D eigenvalue weighted by Gasteiger charge is -2.11. The lowest BCUT2D eigenvalue weighted by Crippen LogP contribution is -2.01. The molecule has 2 aromatic carbocycles. The van der Waals surface area contributed by atoms with Crippen LogP contribution < -0.4 is 0 Å². The highest BCUT2D eigenvalue weighted by Crippen LogP contribution is 2.29. The first-order chi connectivity index (χ1) is 9.02. The summed E-state index contributed by atoms with van der Waals surface area (Å²) in [7, 11) is 0. The molecule has 19 heavy (non-hydrogen) atoms. The molecule has 0 saturated carbocycles. The van der Waals surface area contributed by atoms with Gasteiger partial charge in [-0.25, -0.2) is 25.6 Å². The largest absolute Gasteiger partial charge is 0.795 e. The Morgan fingerprint density at radius 2 is 1.79 bits per heavy atom. The molecule has 0 aliphatic rings. The summed E-state index contributed by atoms with van der Waals surface area (Å²) in [5.74, 6) is -2.88. The Balaban J connectivity index is 2.64. The number of halogens is 2. The first-order valence-electron chi connectivity index (χ1n) is 5.15. The molecule has 0 spiro atoms. The van der Waals surface area contributed by atoms with E-state index in [0.29, 0.717) is 6.07 Å². The van der Waals surface area contributed by atoms with Gasteiger partial charge in [-0.3, -0.25) is 0 Å². The van der Waals surface area contributed by atoms with Crippen molar-refractivity contribution < 1.29 is 23.2 Å². The van der Waals surface area contributed by atoms with Crippen LogP contribution in [0.25, 0.3) is 11.1 Å². The second-order valence-electron chi connectivity index (χ2n) is 3.72. The van der Waals surface area contributed by atoms with Crippen molar-refractivity contribution in [2.24, 2.45) is 0 Å². The van der Waals surface area contributed by atoms with Gasteiger partial charge < -0.3 is 9.66 Å². The van der Waals surface area contributed by atoms with E-state index in [4.69, 9.17) is 5.11 Å². The van der Waals surface area contributed by atoms with E-state index < -0.39 is 17.6 Å². The number of aromatic carboxylic acids is 1. The molecule has 98 valence electrons. The van der Waals surface area contributed by atoms with E-state index in [-0.39, 0.29) is 33.6 Å². The van der Waals surface area contributed by atoms with Crippen LogP contribution in [0.2, 0.25) is 0 Å². The van der Waals surface area contributed by atoms with Crippen LogP contribution in [0.3, 0.4) is 0 Å². The zero-order valence-electron chi connectivity index (χ0n) is 9.39. The van der Waals surface area contributed by atoms with Crippen LogP contribution >= 0.6 is 12.0 Å². The summed E-state index contributed by atoms with van der Waals surface area (Å²) < 4.78 is 37.2. The molecular weight excluding hydrogens is 274 g/mol. The minimum Gasteiger partial charge on any atom is -0.795 e. The summed E-state index contributed by atoms with van der Waals surface area (Å²) in [6.45, 7) is 0. The Morgan fingerprint density at radius 3 is 2.37 bits per heavy atom. The zero-order valence-corrected chi connectivity index (χ0v) is 10.2. The van der Waals surface area contributed by atoms with Gasteiger partial charge in [-0.05, 0) is 34.7 Å². The highest BCUT2D eigenvalue weighted by Gasteiger charge is 2.15. The van der Waals surface area contributed by atoms with Crippen LogP contribution in [0.4, 0.5) is 8.78 Å². The van der Waals surface area contributed by atoms with E-state index in [1.54, 1.807) is 0 Å². The lowest BCUT2D eigenvalue weighted by atomic mass is 9.99. The standard InChI is InChI=1S/C13H8F2O3S/c14-7-1-3-10(12(15)5-7)9-4-2-8(19-18)6-11(9)13(16)17/h1-6,18H,(H,16,17)/p-1. The van der Waals surface area contributed by atoms with E-state index >= 15 is 0 Å². The fraction of sp³-hybridized carbons (Fsp3) is 0. The predicted molar refractivity (Wildman–Crippen MR) is 65.4 cm³/mol. The Morgan fingerprint density at radius 1 is 1.11 bits per heavy atom. The van der Waals surface area contributed by atoms with Gasteiger partial charge in [0.1, 0.15) is 11.6 Å². The van der Waals surface area contributed by atoms with Gasteiger partial charge in [-0.1, -0.05) is 6.07 Å². The molecule has 2 aromatic rings. The van der Waals surface area contributed by atoms with Crippen molar-refractivity contribution in [1.82, 2.24) is 0 Å². The van der Waals surface area contributed by atoms with Gasteiger partial charge in [0.2, 0.25) is 0 Å². The van der Waals surface area contributed by atoms with E-state index in [1.165, 1.54) is 12.1 Å². The maximum Gasteiger partial charge on any atom is 0.336 e. The Hall–Kier alpha value is -1.92. The normalized spacial score (nSPS) is 10.5. The fourth-order valence-corrected chi connectivity index (χ4v) is 1.98. The molecule has 6 heteroatoms. The third-order valence-corrected chi connectivity index (χ3v) is 2.99. The van der Waals surface area contributed by atoms with Crippen molar-refractivity contribution in [1.29, 1.82) is 0 Å². The molecule has 3 nitrogen and oxygen atoms in total. The predicted octanol–water partition coefficient (Wildman–Crippen LogP) is 3.55. The van der Waals surface area contributed by atoms with Gasteiger partial charge in [0.15, 0.2) is 0 Å². The van der Waals surface area contributed by atoms with E-state index in [1.807, 2.05) is 0 Å². The van der Waals surface area contributed by atoms with Crippen LogP contribution in [0, 0.1) is 11.6 Å². The number of benzene rings is 2. The monoisotopic (exact) mass is 281 g/mol. The Kier molecular flexibility index (Phi) is 3.82. The second-order valence-corrected chi connectivity index (χ2v) is 4.36. The SMILES string of the molecule is O=C(O)c1cc(S[O-])ccc1-c1ccc(F)cc1F. The first-order valence-corrected chi connectivity index (χ1v) is 5.89. The summed E-state index contributed by atoms with van der Waals surface area (Å²) in [5.41, 5.74) is -0.129. The van der Waals surface area contributed by atoms with Gasteiger partial charge in [0, 0.05) is 11.6 Å². The van der Waals surface area contributed by atoms with Gasteiger partial charge in [0.25, 0.3) is 0 Å². The summed E-state index contributed by atoms with van der Waals surface area (Å²) in [4.78, 5) is 11.3. The molecule has 0 aliphatic heterocycles. The highest BCUT2D eigenvalue weighted by atomic mass is 32.2. The third kappa shape index (κ3) is 2.74. The molecular formula is C13H7F2O3S-. The van der Waals surface area contributed by atoms with Crippen LogP contribution in [0.5, 0.6) is 0 Å². The fourth-order valence-electron chi connectivity index (χ4n) is 1.69. The molecule has 0 unspecified atom stereocenters. The van der Waals surface area contributed by atoms with Crippen molar-refractivity contribution in [2.45, 2.75) is 4.90 Å². The number of hydrogen-bond donors (Lipinski definition) is 1. The summed E-state index contributed by atoms with van der Waals surface area (Å²) in [6, 6.07) is 6.77. The second kappa shape index (κ2) is 5.38. The number of carboxylic acids is 1. The number of rotatable bonds is 3. The minimum absolute atomic E-state index is 0.0266. The van der Waals surface area contributed by atoms with Gasteiger partial charge >= 0.3 is 5.97 Å². The lowest BCUT2D eigenvalue weighted by molar-refractivity contribution is 0.0697. The minimum atomic E-state index is -1.28. The molecule has 0 aliphatic carbocycles. The van der Waals surface area contributed by atoms with Crippen molar-refractivity contribution in [3.8, 4) is 11.1 Å². The van der Waals surface area contributed by atoms with E-state index in [9.17, 15) is 18.1 Å². The molecule has 0 saturated heterocycles. The Labute approximate surface area is 111 Å². The van der Waals surface area contributed by atoms with E-state index in [2.05, 4.69) is 0 Å². The molecule has 0 amide bonds. The molecule has 1 N–H and O–H groups in total. The maximum atomic E-state index is 13.7. The Bertz CT molecular complexity index is 644. The molecule has 0 bridgehead atoms. The quantitative estimate of drug-likeness (QED) is 0.874. The third-order valence-electron chi connectivity index (χ3n) is 2.54. The number of carboxylic acid groups (broad SMARTS) is 1. The number of carbonyl (C=O) groups is 1. The molecule has 0 heterocycles. The van der Waals surface area contributed by atoms with Crippen LogP contribution in [-0.2, 0) is 0 Å². The average molecular weight is 281 g/mol. The number of hydrogen-bond acceptors (Lipinski definition) is 3. The van der Waals surface area contributed by atoms with Crippen molar-refractivity contribution in [3.63, 3.8) is 0 Å². The highest BCUT2D eigenvalue weighted by molar-refractivity contribution is 7.93. The summed E-state index contributed by atoms with van der Waals surface area (Å²) >= 11 is 0.144. The molecule has 2 rings (SSSR count). The van der Waals surface area contributed by atoms with Gasteiger partial charge in [0.05, 0.1) is 5.56 Å². The van der Waals surface area contributed by atoms with Gasteiger partial charge in [-0.2, -0.15) is 0 Å². The smallest absolute Gasteiger partial charge is 0.336 e. The average Bonchev–Trinajstić information content (AvgIpc) is 2.38. The topological polar surface area (TPSA) is 60.4 Å². The molecule has 0 fully saturated rings. The maximum absolute atomic E-state index is 13.7. The van der Waals surface area contributed by atoms with Crippen molar-refractivity contribution in [3.05, 3.63) is 53.6 Å². The van der Waals surface area contributed by atoms with Crippen molar-refractivity contribution in [2.75, 3.05) is 0 Å². The van der Waals surface area contributed by atoms with Crippen LogP contribution in [0.15, 0.2) is 41.3 Å². The van der Waals surface area contributed by atoms with Gasteiger partial charge in [-0.15, -0.1) is 0 Å². The van der Waals surface area contributed by atoms with E-state index in [0.717, 1.165) is 18.2 Å². The zero-order chi connectivity index (χ0) is 14.0. The molecule has 0 atom stereocenters. The summed E-state index contributed by atoms with van der Waals surface area (Å²) in [5, 5.41) is 9.08. The van der Waals surface area contributed by atoms with Crippen molar-refractivity contribution >= 4 is 18.0 Å². The molecule has 0 aromatic heterocycles. The first kappa shape index (κ1) is 13.5. The van der Waals surface area contributed by atoms with Crippen LogP contribution in [-0.4, -0.2) is 15.6 Å². The van der Waals surface area contributed by atoms with Crippen LogP contribution in [0.1, 0.15) is 10.4 Å². The summed E-state index contributed by atoms with van der Waals surface area (Å²) in [6.07, 6.45) is 0. The molecule has 0 radical (unpaired) electrons.